The molecule has 1 radical (unpaired) electrons. The van der Waals surface area contributed by atoms with Crippen LogP contribution in [0, 0.1) is 5.92 Å². The van der Waals surface area contributed by atoms with E-state index in [1.807, 2.05) is 59.1 Å². The summed E-state index contributed by atoms with van der Waals surface area (Å²) in [6, 6.07) is 7.74. The second-order valence-corrected chi connectivity index (χ2v) is 7.11. The first-order chi connectivity index (χ1) is 11.3. The summed E-state index contributed by atoms with van der Waals surface area (Å²) in [5, 5.41) is 3.01. The SMILES string of the molecule is C[B]c1ccccc1NC(=O)C1CCN(C(=O)OC(C)(C)C)CC1. The van der Waals surface area contributed by atoms with Crippen molar-refractivity contribution in [3.05, 3.63) is 24.3 Å². The Morgan fingerprint density at radius 1 is 1.21 bits per heavy atom. The highest BCUT2D eigenvalue weighted by Gasteiger charge is 2.30. The Morgan fingerprint density at radius 3 is 2.42 bits per heavy atom. The number of piperidine rings is 1. The lowest BCUT2D eigenvalue weighted by molar-refractivity contribution is -0.121. The average Bonchev–Trinajstić information content (AvgIpc) is 2.54. The average molecular weight is 329 g/mol. The molecule has 0 spiro atoms. The van der Waals surface area contributed by atoms with E-state index in [0.29, 0.717) is 25.9 Å². The van der Waals surface area contributed by atoms with Gasteiger partial charge in [0, 0.05) is 24.7 Å². The maximum Gasteiger partial charge on any atom is 0.410 e. The number of ether oxygens (including phenoxy) is 1. The van der Waals surface area contributed by atoms with Gasteiger partial charge >= 0.3 is 6.09 Å². The maximum atomic E-state index is 12.5. The van der Waals surface area contributed by atoms with Crippen LogP contribution >= 0.6 is 0 Å². The second kappa shape index (κ2) is 7.73. The van der Waals surface area contributed by atoms with Crippen molar-refractivity contribution in [2.75, 3.05) is 18.4 Å². The fraction of sp³-hybridized carbons (Fsp3) is 0.556. The molecule has 1 aromatic carbocycles. The van der Waals surface area contributed by atoms with Crippen LogP contribution in [-0.2, 0) is 9.53 Å². The fourth-order valence-electron chi connectivity index (χ4n) is 2.75. The first-order valence-corrected chi connectivity index (χ1v) is 8.47. The first kappa shape index (κ1) is 18.4. The molecule has 0 unspecified atom stereocenters. The van der Waals surface area contributed by atoms with E-state index < -0.39 is 5.60 Å². The third kappa shape index (κ3) is 5.01. The molecule has 0 bridgehead atoms. The summed E-state index contributed by atoms with van der Waals surface area (Å²) in [5.41, 5.74) is 1.35. The third-order valence-electron chi connectivity index (χ3n) is 4.05. The molecule has 0 aliphatic carbocycles. The fourth-order valence-corrected chi connectivity index (χ4v) is 2.75. The zero-order valence-electron chi connectivity index (χ0n) is 15.0. The minimum atomic E-state index is -0.494. The van der Waals surface area contributed by atoms with Crippen LogP contribution in [0.2, 0.25) is 6.82 Å². The number of likely N-dealkylation sites (tertiary alicyclic amines) is 1. The summed E-state index contributed by atoms with van der Waals surface area (Å²) in [6.07, 6.45) is 1.01. The van der Waals surface area contributed by atoms with Gasteiger partial charge in [-0.05, 0) is 39.7 Å². The Labute approximate surface area is 145 Å². The first-order valence-electron chi connectivity index (χ1n) is 8.47. The minimum absolute atomic E-state index is 0.0214. The summed E-state index contributed by atoms with van der Waals surface area (Å²) in [4.78, 5) is 26.2. The van der Waals surface area contributed by atoms with Gasteiger partial charge in [0.15, 0.2) is 7.28 Å². The quantitative estimate of drug-likeness (QED) is 0.868. The molecule has 1 aliphatic heterocycles. The van der Waals surface area contributed by atoms with Gasteiger partial charge in [0.1, 0.15) is 5.60 Å². The highest BCUT2D eigenvalue weighted by Crippen LogP contribution is 2.21. The third-order valence-corrected chi connectivity index (χ3v) is 4.05. The molecule has 1 saturated heterocycles. The van der Waals surface area contributed by atoms with Crippen molar-refractivity contribution in [2.45, 2.75) is 46.0 Å². The Morgan fingerprint density at radius 2 is 1.83 bits per heavy atom. The molecular formula is C18H26BN2O3. The highest BCUT2D eigenvalue weighted by atomic mass is 16.6. The van der Waals surface area contributed by atoms with Gasteiger partial charge in [-0.2, -0.15) is 0 Å². The Kier molecular flexibility index (Phi) is 5.92. The molecule has 0 aromatic heterocycles. The smallest absolute Gasteiger partial charge is 0.410 e. The van der Waals surface area contributed by atoms with E-state index in [-0.39, 0.29) is 17.9 Å². The summed E-state index contributed by atoms with van der Waals surface area (Å²) in [5.74, 6) is -0.0539. The molecule has 24 heavy (non-hydrogen) atoms. The molecule has 1 heterocycles. The number of hydrogen-bond donors (Lipinski definition) is 1. The summed E-state index contributed by atoms with van der Waals surface area (Å²) in [6.45, 7) is 8.61. The van der Waals surface area contributed by atoms with E-state index in [0.717, 1.165) is 11.2 Å². The van der Waals surface area contributed by atoms with Crippen molar-refractivity contribution in [1.29, 1.82) is 0 Å². The summed E-state index contributed by atoms with van der Waals surface area (Å²) >= 11 is 0. The van der Waals surface area contributed by atoms with Crippen molar-refractivity contribution in [3.63, 3.8) is 0 Å². The molecule has 1 aromatic rings. The molecule has 6 heteroatoms. The van der Waals surface area contributed by atoms with E-state index >= 15 is 0 Å². The number of carbonyl (C=O) groups is 2. The van der Waals surface area contributed by atoms with E-state index in [1.165, 1.54) is 0 Å². The van der Waals surface area contributed by atoms with Crippen LogP contribution < -0.4 is 10.8 Å². The molecule has 5 nitrogen and oxygen atoms in total. The predicted octanol–water partition coefficient (Wildman–Crippen LogP) is 2.65. The van der Waals surface area contributed by atoms with Crippen molar-refractivity contribution in [1.82, 2.24) is 4.90 Å². The molecule has 2 amide bonds. The number of rotatable bonds is 3. The lowest BCUT2D eigenvalue weighted by Crippen LogP contribution is -2.44. The Bertz CT molecular complexity index is 590. The number of amides is 2. The molecule has 1 fully saturated rings. The van der Waals surface area contributed by atoms with Crippen molar-refractivity contribution in [3.8, 4) is 0 Å². The van der Waals surface area contributed by atoms with E-state index in [9.17, 15) is 9.59 Å². The van der Waals surface area contributed by atoms with Crippen LogP contribution in [0.25, 0.3) is 0 Å². The number of anilines is 1. The van der Waals surface area contributed by atoms with Gasteiger partial charge in [-0.15, -0.1) is 0 Å². The summed E-state index contributed by atoms with van der Waals surface area (Å²) in [7, 11) is 1.97. The summed E-state index contributed by atoms with van der Waals surface area (Å²) < 4.78 is 5.38. The van der Waals surface area contributed by atoms with Crippen molar-refractivity contribution >= 4 is 30.4 Å². The predicted molar refractivity (Wildman–Crippen MR) is 96.9 cm³/mol. The van der Waals surface area contributed by atoms with Gasteiger partial charge in [-0.3, -0.25) is 4.79 Å². The van der Waals surface area contributed by atoms with Crippen LogP contribution in [-0.4, -0.2) is 42.9 Å². The lowest BCUT2D eigenvalue weighted by atomic mass is 9.72. The zero-order valence-corrected chi connectivity index (χ0v) is 15.0. The monoisotopic (exact) mass is 329 g/mol. The van der Waals surface area contributed by atoms with Gasteiger partial charge in [-0.1, -0.05) is 30.5 Å². The maximum absolute atomic E-state index is 12.5. The Balaban J connectivity index is 1.88. The van der Waals surface area contributed by atoms with Gasteiger partial charge in [-0.25, -0.2) is 4.79 Å². The van der Waals surface area contributed by atoms with Crippen LogP contribution in [0.4, 0.5) is 10.5 Å². The lowest BCUT2D eigenvalue weighted by Gasteiger charge is -2.33. The normalized spacial score (nSPS) is 15.8. The number of nitrogens with zero attached hydrogens (tertiary/aromatic N) is 1. The Hall–Kier alpha value is -1.98. The van der Waals surface area contributed by atoms with E-state index in [2.05, 4.69) is 5.32 Å². The van der Waals surface area contributed by atoms with Gasteiger partial charge in [0.2, 0.25) is 5.91 Å². The van der Waals surface area contributed by atoms with E-state index in [4.69, 9.17) is 4.74 Å². The molecule has 1 N–H and O–H groups in total. The molecule has 2 rings (SSSR count). The molecule has 129 valence electrons. The van der Waals surface area contributed by atoms with Crippen LogP contribution in [0.5, 0.6) is 0 Å². The van der Waals surface area contributed by atoms with Crippen molar-refractivity contribution in [2.24, 2.45) is 5.92 Å². The largest absolute Gasteiger partial charge is 0.444 e. The highest BCUT2D eigenvalue weighted by molar-refractivity contribution is 6.54. The second-order valence-electron chi connectivity index (χ2n) is 7.11. The molecule has 0 saturated carbocycles. The minimum Gasteiger partial charge on any atom is -0.444 e. The molecule has 1 aliphatic rings. The van der Waals surface area contributed by atoms with Crippen LogP contribution in [0.1, 0.15) is 33.6 Å². The zero-order chi connectivity index (χ0) is 17.7. The van der Waals surface area contributed by atoms with Gasteiger partial charge in [0.25, 0.3) is 0 Å². The molecule has 0 atom stereocenters. The standard InChI is InChI=1S/C18H26BN2O3/c1-18(2,3)24-17(23)21-11-9-13(10-12-21)16(22)20-15-8-6-5-7-14(15)19-4/h5-8,13H,9-12H2,1-4H3,(H,20,22). The topological polar surface area (TPSA) is 58.6 Å². The number of para-hydroxylation sites is 1. The van der Waals surface area contributed by atoms with Gasteiger partial charge in [0.05, 0.1) is 0 Å². The van der Waals surface area contributed by atoms with Gasteiger partial charge < -0.3 is 15.0 Å². The number of benzene rings is 1. The van der Waals surface area contributed by atoms with Crippen LogP contribution in [0.15, 0.2) is 24.3 Å². The molecular weight excluding hydrogens is 303 g/mol. The van der Waals surface area contributed by atoms with E-state index in [1.54, 1.807) is 4.90 Å². The number of nitrogens with one attached hydrogen (secondary N) is 1. The van der Waals surface area contributed by atoms with Crippen molar-refractivity contribution < 1.29 is 14.3 Å². The number of carbonyl (C=O) groups excluding carboxylic acids is 2. The number of hydrogen-bond acceptors (Lipinski definition) is 3. The van der Waals surface area contributed by atoms with Crippen LogP contribution in [0.3, 0.4) is 0 Å².